The number of aromatic nitrogens is 2. The highest BCUT2D eigenvalue weighted by Crippen LogP contribution is 2.20. The van der Waals surface area contributed by atoms with Gasteiger partial charge in [-0.1, -0.05) is 20.8 Å². The number of nitrogens with one attached hydrogen (secondary N) is 2. The van der Waals surface area contributed by atoms with E-state index in [9.17, 15) is 0 Å². The smallest absolute Gasteiger partial charge is 0.0537 e. The summed E-state index contributed by atoms with van der Waals surface area (Å²) in [6, 6.07) is 0.388. The molecule has 0 amide bonds. The number of rotatable bonds is 5. The van der Waals surface area contributed by atoms with E-state index in [-0.39, 0.29) is 0 Å². The van der Waals surface area contributed by atoms with E-state index in [1.165, 1.54) is 18.4 Å². The van der Waals surface area contributed by atoms with Crippen LogP contribution < -0.4 is 5.32 Å². The van der Waals surface area contributed by atoms with Crippen molar-refractivity contribution >= 4 is 0 Å². The Bertz CT molecular complexity index is 309. The van der Waals surface area contributed by atoms with Crippen LogP contribution in [0.4, 0.5) is 0 Å². The molecule has 92 valence electrons. The van der Waals surface area contributed by atoms with Gasteiger partial charge in [0.1, 0.15) is 0 Å². The zero-order valence-corrected chi connectivity index (χ0v) is 11.2. The third-order valence-electron chi connectivity index (χ3n) is 2.89. The van der Waals surface area contributed by atoms with Crippen LogP contribution >= 0.6 is 0 Å². The predicted molar refractivity (Wildman–Crippen MR) is 68.4 cm³/mol. The Labute approximate surface area is 99.0 Å². The van der Waals surface area contributed by atoms with Gasteiger partial charge in [-0.15, -0.1) is 0 Å². The van der Waals surface area contributed by atoms with Gasteiger partial charge in [-0.05, 0) is 38.6 Å². The average Bonchev–Trinajstić information content (AvgIpc) is 2.57. The molecule has 0 spiro atoms. The molecule has 0 saturated carbocycles. The largest absolute Gasteiger partial charge is 0.310 e. The summed E-state index contributed by atoms with van der Waals surface area (Å²) in [5, 5.41) is 10.6. The molecule has 1 unspecified atom stereocenters. The van der Waals surface area contributed by atoms with Gasteiger partial charge in [-0.3, -0.25) is 5.10 Å². The molecule has 0 fully saturated rings. The molecule has 1 atom stereocenters. The Balaban J connectivity index is 2.26. The fourth-order valence-corrected chi connectivity index (χ4v) is 1.84. The van der Waals surface area contributed by atoms with E-state index < -0.39 is 0 Å². The van der Waals surface area contributed by atoms with Gasteiger partial charge in [-0.25, -0.2) is 0 Å². The molecule has 1 heterocycles. The number of hydrogen-bond donors (Lipinski definition) is 2. The number of aromatic amines is 1. The first-order valence-corrected chi connectivity index (χ1v) is 6.13. The molecule has 16 heavy (non-hydrogen) atoms. The monoisotopic (exact) mass is 223 g/mol. The number of hydrogen-bond acceptors (Lipinski definition) is 2. The highest BCUT2D eigenvalue weighted by Gasteiger charge is 2.11. The van der Waals surface area contributed by atoms with Crippen molar-refractivity contribution in [2.75, 3.05) is 6.54 Å². The quantitative estimate of drug-likeness (QED) is 0.753. The van der Waals surface area contributed by atoms with E-state index in [4.69, 9.17) is 0 Å². The Kier molecular flexibility index (Phi) is 4.54. The van der Waals surface area contributed by atoms with Gasteiger partial charge in [0.25, 0.3) is 0 Å². The maximum absolute atomic E-state index is 4.05. The van der Waals surface area contributed by atoms with Crippen LogP contribution in [0.1, 0.15) is 57.8 Å². The Morgan fingerprint density at radius 3 is 2.62 bits per heavy atom. The van der Waals surface area contributed by atoms with Crippen molar-refractivity contribution in [1.82, 2.24) is 15.5 Å². The lowest BCUT2D eigenvalue weighted by molar-refractivity contribution is 0.357. The second kappa shape index (κ2) is 5.48. The standard InChI is InChI=1S/C13H25N3/c1-10(12-9-15-16-11(12)2)14-8-6-7-13(3,4)5/h9-10,14H,6-8H2,1-5H3,(H,15,16). The van der Waals surface area contributed by atoms with E-state index in [0.29, 0.717) is 11.5 Å². The summed E-state index contributed by atoms with van der Waals surface area (Å²) in [4.78, 5) is 0. The minimum absolute atomic E-state index is 0.388. The number of nitrogens with zero attached hydrogens (tertiary/aromatic N) is 1. The second-order valence-electron chi connectivity index (χ2n) is 5.79. The second-order valence-corrected chi connectivity index (χ2v) is 5.79. The molecule has 3 nitrogen and oxygen atoms in total. The third kappa shape index (κ3) is 4.35. The van der Waals surface area contributed by atoms with Gasteiger partial charge in [0, 0.05) is 17.3 Å². The van der Waals surface area contributed by atoms with Gasteiger partial charge in [0.05, 0.1) is 6.20 Å². The fraction of sp³-hybridized carbons (Fsp3) is 0.769. The minimum atomic E-state index is 0.388. The average molecular weight is 223 g/mol. The van der Waals surface area contributed by atoms with Crippen molar-refractivity contribution in [3.05, 3.63) is 17.5 Å². The molecule has 0 aromatic carbocycles. The van der Waals surface area contributed by atoms with Gasteiger partial charge in [0.2, 0.25) is 0 Å². The fourth-order valence-electron chi connectivity index (χ4n) is 1.84. The molecule has 0 aliphatic rings. The molecule has 0 radical (unpaired) electrons. The van der Waals surface area contributed by atoms with Gasteiger partial charge < -0.3 is 5.32 Å². The normalized spacial score (nSPS) is 14.1. The van der Waals surface area contributed by atoms with Crippen molar-refractivity contribution in [2.45, 2.75) is 53.5 Å². The molecule has 0 bridgehead atoms. The Hall–Kier alpha value is -0.830. The summed E-state index contributed by atoms with van der Waals surface area (Å²) >= 11 is 0. The van der Waals surface area contributed by atoms with Crippen LogP contribution in [0.2, 0.25) is 0 Å². The first-order chi connectivity index (χ1) is 7.40. The molecule has 1 rings (SSSR count). The topological polar surface area (TPSA) is 40.7 Å². The molecule has 0 aliphatic carbocycles. The zero-order valence-electron chi connectivity index (χ0n) is 11.2. The van der Waals surface area contributed by atoms with E-state index in [0.717, 1.165) is 12.2 Å². The van der Waals surface area contributed by atoms with Crippen LogP contribution in [0.25, 0.3) is 0 Å². The highest BCUT2D eigenvalue weighted by atomic mass is 15.1. The van der Waals surface area contributed by atoms with E-state index >= 15 is 0 Å². The van der Waals surface area contributed by atoms with E-state index in [1.54, 1.807) is 0 Å². The van der Waals surface area contributed by atoms with Gasteiger partial charge >= 0.3 is 0 Å². The van der Waals surface area contributed by atoms with Crippen LogP contribution in [0, 0.1) is 12.3 Å². The summed E-state index contributed by atoms with van der Waals surface area (Å²) in [5.41, 5.74) is 2.88. The summed E-state index contributed by atoms with van der Waals surface area (Å²) in [7, 11) is 0. The molecule has 2 N–H and O–H groups in total. The Morgan fingerprint density at radius 2 is 2.12 bits per heavy atom. The van der Waals surface area contributed by atoms with Crippen molar-refractivity contribution in [3.63, 3.8) is 0 Å². The lowest BCUT2D eigenvalue weighted by Crippen LogP contribution is -2.21. The highest BCUT2D eigenvalue weighted by molar-refractivity contribution is 5.18. The molecular formula is C13H25N3. The molecule has 1 aromatic heterocycles. The Morgan fingerprint density at radius 1 is 1.44 bits per heavy atom. The zero-order chi connectivity index (χ0) is 12.2. The van der Waals surface area contributed by atoms with Gasteiger partial charge in [-0.2, -0.15) is 5.10 Å². The van der Waals surface area contributed by atoms with Crippen molar-refractivity contribution < 1.29 is 0 Å². The molecule has 0 saturated heterocycles. The number of aryl methyl sites for hydroxylation is 1. The summed E-state index contributed by atoms with van der Waals surface area (Å²) < 4.78 is 0. The van der Waals surface area contributed by atoms with Crippen molar-refractivity contribution in [2.24, 2.45) is 5.41 Å². The molecule has 1 aromatic rings. The maximum atomic E-state index is 4.05. The SMILES string of the molecule is Cc1[nH]ncc1C(C)NCCCC(C)(C)C. The first kappa shape index (κ1) is 13.2. The third-order valence-corrected chi connectivity index (χ3v) is 2.89. The van der Waals surface area contributed by atoms with Crippen molar-refractivity contribution in [3.8, 4) is 0 Å². The van der Waals surface area contributed by atoms with E-state index in [1.807, 2.05) is 6.20 Å². The predicted octanol–water partition coefficient (Wildman–Crippen LogP) is 3.20. The van der Waals surface area contributed by atoms with E-state index in [2.05, 4.69) is 50.1 Å². The molecular weight excluding hydrogens is 198 g/mol. The van der Waals surface area contributed by atoms with Crippen LogP contribution in [-0.2, 0) is 0 Å². The maximum Gasteiger partial charge on any atom is 0.0537 e. The lowest BCUT2D eigenvalue weighted by Gasteiger charge is -2.19. The summed E-state index contributed by atoms with van der Waals surface area (Å²) in [6.07, 6.45) is 4.40. The molecule has 0 aliphatic heterocycles. The minimum Gasteiger partial charge on any atom is -0.310 e. The first-order valence-electron chi connectivity index (χ1n) is 6.13. The number of H-pyrrole nitrogens is 1. The van der Waals surface area contributed by atoms with Crippen molar-refractivity contribution in [1.29, 1.82) is 0 Å². The summed E-state index contributed by atoms with van der Waals surface area (Å²) in [5.74, 6) is 0. The molecule has 3 heteroatoms. The van der Waals surface area contributed by atoms with Gasteiger partial charge in [0.15, 0.2) is 0 Å². The van der Waals surface area contributed by atoms with Crippen LogP contribution in [-0.4, -0.2) is 16.7 Å². The van der Waals surface area contributed by atoms with Crippen LogP contribution in [0.3, 0.4) is 0 Å². The van der Waals surface area contributed by atoms with Crippen LogP contribution in [0.15, 0.2) is 6.20 Å². The lowest BCUT2D eigenvalue weighted by atomic mass is 9.90. The summed E-state index contributed by atoms with van der Waals surface area (Å²) in [6.45, 7) is 12.2. The van der Waals surface area contributed by atoms with Crippen LogP contribution in [0.5, 0.6) is 0 Å².